The van der Waals surface area contributed by atoms with Gasteiger partial charge in [-0.2, -0.15) is 0 Å². The minimum Gasteiger partial charge on any atom is -0.272 e. The molecule has 2 fully saturated rings. The maximum absolute atomic E-state index is 12.4. The van der Waals surface area contributed by atoms with Gasteiger partial charge in [-0.25, -0.2) is 4.79 Å². The number of benzene rings is 1. The monoisotopic (exact) mass is 371 g/mol. The van der Waals surface area contributed by atoms with Crippen molar-refractivity contribution in [2.45, 2.75) is 10.8 Å². The molecule has 2 aliphatic rings. The topological polar surface area (TPSA) is 101 Å². The van der Waals surface area contributed by atoms with Crippen LogP contribution in [0.2, 0.25) is 0 Å². The summed E-state index contributed by atoms with van der Waals surface area (Å²) >= 11 is 11.8. The number of nitro benzene ring substituents is 1. The molecule has 1 aliphatic carbocycles. The Kier molecular flexibility index (Phi) is 3.97. The van der Waals surface area contributed by atoms with E-state index in [1.807, 2.05) is 0 Å². The molecule has 0 radical (unpaired) electrons. The van der Waals surface area contributed by atoms with Crippen molar-refractivity contribution in [2.75, 3.05) is 13.1 Å². The van der Waals surface area contributed by atoms with E-state index in [0.717, 1.165) is 21.9 Å². The molecule has 4 amide bonds. The van der Waals surface area contributed by atoms with Gasteiger partial charge < -0.3 is 0 Å². The van der Waals surface area contributed by atoms with Gasteiger partial charge in [0, 0.05) is 30.2 Å². The van der Waals surface area contributed by atoms with Crippen molar-refractivity contribution in [1.29, 1.82) is 0 Å². The van der Waals surface area contributed by atoms with Crippen LogP contribution in [0.3, 0.4) is 0 Å². The van der Waals surface area contributed by atoms with Crippen LogP contribution < -0.4 is 0 Å². The number of non-ortho nitro benzene ring substituents is 1. The summed E-state index contributed by atoms with van der Waals surface area (Å²) in [6.45, 7) is -0.312. The zero-order chi connectivity index (χ0) is 17.6. The van der Waals surface area contributed by atoms with E-state index >= 15 is 0 Å². The van der Waals surface area contributed by atoms with Crippen LogP contribution in [0.15, 0.2) is 24.3 Å². The summed E-state index contributed by atoms with van der Waals surface area (Å²) in [7, 11) is 0. The highest BCUT2D eigenvalue weighted by atomic mass is 35.5. The first-order valence-corrected chi connectivity index (χ1v) is 7.75. The second-order valence-electron chi connectivity index (χ2n) is 5.64. The van der Waals surface area contributed by atoms with E-state index in [2.05, 4.69) is 0 Å². The Morgan fingerprint density at radius 2 is 1.88 bits per heavy atom. The summed E-state index contributed by atoms with van der Waals surface area (Å²) in [5, 5.41) is 10.6. The number of imide groups is 2. The third-order valence-corrected chi connectivity index (χ3v) is 4.91. The fourth-order valence-electron chi connectivity index (χ4n) is 2.45. The molecule has 0 bridgehead atoms. The SMILES string of the molecule is O=C1CN(C(=O)c2ccc([N+](=O)[O-])cc2)C(=O)N1CC1CC1(Cl)Cl. The van der Waals surface area contributed by atoms with E-state index < -0.39 is 27.1 Å². The van der Waals surface area contributed by atoms with E-state index in [1.54, 1.807) is 0 Å². The number of carbonyl (C=O) groups is 3. The summed E-state index contributed by atoms with van der Waals surface area (Å²) < 4.78 is -0.934. The molecule has 126 valence electrons. The first-order valence-electron chi connectivity index (χ1n) is 6.99. The molecule has 1 aromatic rings. The predicted octanol–water partition coefficient (Wildman–Crippen LogP) is 2.19. The smallest absolute Gasteiger partial charge is 0.272 e. The van der Waals surface area contributed by atoms with Crippen LogP contribution in [0.25, 0.3) is 0 Å². The quantitative estimate of drug-likeness (QED) is 0.349. The van der Waals surface area contributed by atoms with Gasteiger partial charge in [0.15, 0.2) is 0 Å². The Bertz CT molecular complexity index is 749. The Balaban J connectivity index is 1.72. The van der Waals surface area contributed by atoms with Gasteiger partial charge in [0.05, 0.1) is 4.92 Å². The minimum absolute atomic E-state index is 0.0642. The molecule has 1 aromatic carbocycles. The fourth-order valence-corrected chi connectivity index (χ4v) is 2.96. The zero-order valence-electron chi connectivity index (χ0n) is 12.1. The van der Waals surface area contributed by atoms with E-state index in [1.165, 1.54) is 12.1 Å². The van der Waals surface area contributed by atoms with E-state index in [9.17, 15) is 24.5 Å². The van der Waals surface area contributed by atoms with Gasteiger partial charge in [0.25, 0.3) is 17.5 Å². The maximum atomic E-state index is 12.4. The lowest BCUT2D eigenvalue weighted by atomic mass is 10.2. The van der Waals surface area contributed by atoms with Gasteiger partial charge in [0.1, 0.15) is 10.9 Å². The molecule has 1 saturated carbocycles. The molecular weight excluding hydrogens is 361 g/mol. The number of nitro groups is 1. The van der Waals surface area contributed by atoms with Crippen LogP contribution >= 0.6 is 23.2 Å². The number of halogens is 2. The first-order chi connectivity index (χ1) is 11.2. The highest BCUT2D eigenvalue weighted by molar-refractivity contribution is 6.50. The molecule has 3 rings (SSSR count). The number of nitrogens with zero attached hydrogens (tertiary/aromatic N) is 3. The highest BCUT2D eigenvalue weighted by Crippen LogP contribution is 2.53. The van der Waals surface area contributed by atoms with E-state index in [0.29, 0.717) is 6.42 Å². The van der Waals surface area contributed by atoms with E-state index in [4.69, 9.17) is 23.2 Å². The summed E-state index contributed by atoms with van der Waals surface area (Å²) in [6, 6.07) is 4.06. The number of amides is 4. The molecular formula is C14H11Cl2N3O5. The van der Waals surface area contributed by atoms with Gasteiger partial charge in [-0.15, -0.1) is 23.2 Å². The highest BCUT2D eigenvalue weighted by Gasteiger charge is 2.54. The molecule has 8 nitrogen and oxygen atoms in total. The lowest BCUT2D eigenvalue weighted by Gasteiger charge is -2.16. The number of urea groups is 1. The summed E-state index contributed by atoms with van der Waals surface area (Å²) in [4.78, 5) is 48.4. The molecule has 0 spiro atoms. The Hall–Kier alpha value is -2.19. The third kappa shape index (κ3) is 2.94. The maximum Gasteiger partial charge on any atom is 0.334 e. The van der Waals surface area contributed by atoms with Crippen molar-refractivity contribution in [2.24, 2.45) is 5.92 Å². The number of alkyl halides is 2. The van der Waals surface area contributed by atoms with Crippen molar-refractivity contribution < 1.29 is 19.3 Å². The van der Waals surface area contributed by atoms with Crippen LogP contribution in [0, 0.1) is 16.0 Å². The van der Waals surface area contributed by atoms with Crippen LogP contribution in [0.1, 0.15) is 16.8 Å². The molecule has 1 atom stereocenters. The molecule has 0 aromatic heterocycles. The molecule has 0 N–H and O–H groups in total. The predicted molar refractivity (Wildman–Crippen MR) is 83.8 cm³/mol. The number of rotatable bonds is 4. The second-order valence-corrected chi connectivity index (χ2v) is 7.19. The Morgan fingerprint density at radius 3 is 2.38 bits per heavy atom. The Morgan fingerprint density at radius 1 is 1.29 bits per heavy atom. The van der Waals surface area contributed by atoms with Crippen LogP contribution in [-0.2, 0) is 4.79 Å². The van der Waals surface area contributed by atoms with Gasteiger partial charge in [-0.3, -0.25) is 29.5 Å². The number of hydrogen-bond donors (Lipinski definition) is 0. The third-order valence-electron chi connectivity index (χ3n) is 3.99. The lowest BCUT2D eigenvalue weighted by molar-refractivity contribution is -0.384. The Labute approximate surface area is 146 Å². The fraction of sp³-hybridized carbons (Fsp3) is 0.357. The molecule has 1 aliphatic heterocycles. The van der Waals surface area contributed by atoms with Crippen LogP contribution in [0.4, 0.5) is 10.5 Å². The van der Waals surface area contributed by atoms with Gasteiger partial charge in [-0.1, -0.05) is 0 Å². The van der Waals surface area contributed by atoms with Crippen LogP contribution in [0.5, 0.6) is 0 Å². The van der Waals surface area contributed by atoms with Crippen molar-refractivity contribution >= 4 is 46.7 Å². The van der Waals surface area contributed by atoms with Crippen molar-refractivity contribution in [3.63, 3.8) is 0 Å². The molecule has 1 unspecified atom stereocenters. The van der Waals surface area contributed by atoms with E-state index in [-0.39, 0.29) is 30.3 Å². The standard InChI is InChI=1S/C14H11Cl2N3O5/c15-14(16)5-9(14)6-17-11(20)7-18(13(17)22)12(21)8-1-3-10(4-2-8)19(23)24/h1-4,9H,5-7H2. The first kappa shape index (κ1) is 16.7. The van der Waals surface area contributed by atoms with Gasteiger partial charge in [0.2, 0.25) is 0 Å². The minimum atomic E-state index is -0.934. The molecule has 10 heteroatoms. The van der Waals surface area contributed by atoms with Gasteiger partial charge >= 0.3 is 6.03 Å². The van der Waals surface area contributed by atoms with Crippen molar-refractivity contribution in [3.05, 3.63) is 39.9 Å². The summed E-state index contributed by atoms with van der Waals surface area (Å²) in [5.74, 6) is -1.40. The van der Waals surface area contributed by atoms with Crippen molar-refractivity contribution in [3.8, 4) is 0 Å². The normalized spacial score (nSPS) is 22.0. The number of hydrogen-bond acceptors (Lipinski definition) is 5. The largest absolute Gasteiger partial charge is 0.334 e. The average molecular weight is 372 g/mol. The lowest BCUT2D eigenvalue weighted by Crippen LogP contribution is -2.37. The summed E-state index contributed by atoms with van der Waals surface area (Å²) in [5.41, 5.74) is -0.0923. The zero-order valence-corrected chi connectivity index (χ0v) is 13.7. The summed E-state index contributed by atoms with van der Waals surface area (Å²) in [6.07, 6.45) is 0.476. The average Bonchev–Trinajstić information content (AvgIpc) is 3.04. The van der Waals surface area contributed by atoms with Crippen molar-refractivity contribution in [1.82, 2.24) is 9.80 Å². The number of carbonyl (C=O) groups excluding carboxylic acids is 3. The molecule has 24 heavy (non-hydrogen) atoms. The molecule has 1 heterocycles. The van der Waals surface area contributed by atoms with Crippen LogP contribution in [-0.4, -0.2) is 50.0 Å². The molecule has 1 saturated heterocycles. The second kappa shape index (κ2) is 5.71. The van der Waals surface area contributed by atoms with Gasteiger partial charge in [-0.05, 0) is 18.6 Å².